The largest absolute Gasteiger partial charge is 0.494 e. The number of esters is 2. The third-order valence-corrected chi connectivity index (χ3v) is 21.6. The van der Waals surface area contributed by atoms with Crippen LogP contribution in [-0.2, 0) is 8.23 Å². The molecule has 0 saturated carbocycles. The first-order chi connectivity index (χ1) is 28.9. The molecule has 0 bridgehead atoms. The molecule has 4 rings (SSSR count). The highest BCUT2D eigenvalue weighted by molar-refractivity contribution is 6.87. The maximum Gasteiger partial charge on any atom is 0.343 e. The summed E-state index contributed by atoms with van der Waals surface area (Å²) >= 11 is 0. The molecule has 0 N–H and O–H groups in total. The number of carbonyl (C=O) groups is 2. The van der Waals surface area contributed by atoms with Crippen molar-refractivity contribution in [3.8, 4) is 34.5 Å². The number of hydrogen-bond donors (Lipinski definition) is 0. The van der Waals surface area contributed by atoms with E-state index >= 15 is 0 Å². The van der Waals surface area contributed by atoms with E-state index in [1.165, 1.54) is 0 Å². The molecular formula is C48H68O10Si3. The number of ether oxygens (including phenoxy) is 6. The van der Waals surface area contributed by atoms with Crippen molar-refractivity contribution in [1.82, 2.24) is 0 Å². The Kier molecular flexibility index (Phi) is 19.1. The topological polar surface area (TPSA) is 108 Å². The van der Waals surface area contributed by atoms with Gasteiger partial charge < -0.3 is 36.7 Å². The lowest BCUT2D eigenvalue weighted by Crippen LogP contribution is -2.52. The minimum Gasteiger partial charge on any atom is -0.494 e. The van der Waals surface area contributed by atoms with E-state index in [0.29, 0.717) is 72.4 Å². The van der Waals surface area contributed by atoms with Gasteiger partial charge in [0.05, 0.1) is 37.6 Å². The van der Waals surface area contributed by atoms with Gasteiger partial charge in [0.15, 0.2) is 16.6 Å². The molecule has 0 aliphatic rings. The van der Waals surface area contributed by atoms with Crippen LogP contribution in [0, 0.1) is 11.8 Å². The zero-order chi connectivity index (χ0) is 44.5. The van der Waals surface area contributed by atoms with Crippen molar-refractivity contribution in [2.45, 2.75) is 105 Å². The first kappa shape index (κ1) is 49.2. The van der Waals surface area contributed by atoms with E-state index < -0.39 is 37.1 Å². The maximum absolute atomic E-state index is 12.7. The fourth-order valence-electron chi connectivity index (χ4n) is 6.46. The standard InChI is InChI=1S/C48H68O10Si3/c1-11-37(3)35-53-43-23-27-45(28-24-43)55-47(49)39-15-19-41(20-16-39)51-31-13-33-59(5,6)57-61(9,10)58-60(7,8)34-14-32-52-42-21-17-40(18-22-42)48(50)56-46-29-25-44(26-30-46)54-36-38(4)12-2/h15-30,37-38H,11-14,31-36H2,1-10H3. The van der Waals surface area contributed by atoms with E-state index in [9.17, 15) is 9.59 Å². The Morgan fingerprint density at radius 1 is 0.459 bits per heavy atom. The predicted molar refractivity (Wildman–Crippen MR) is 250 cm³/mol. The van der Waals surface area contributed by atoms with Crippen LogP contribution >= 0.6 is 0 Å². The lowest BCUT2D eigenvalue weighted by Gasteiger charge is -2.38. The van der Waals surface area contributed by atoms with Crippen molar-refractivity contribution >= 4 is 37.1 Å². The molecule has 10 nitrogen and oxygen atoms in total. The number of hydrogen-bond acceptors (Lipinski definition) is 10. The van der Waals surface area contributed by atoms with Gasteiger partial charge in [-0.1, -0.05) is 40.5 Å². The van der Waals surface area contributed by atoms with Gasteiger partial charge in [0, 0.05) is 0 Å². The van der Waals surface area contributed by atoms with E-state index in [0.717, 1.165) is 49.3 Å². The fraction of sp³-hybridized carbons (Fsp3) is 0.458. The summed E-state index contributed by atoms with van der Waals surface area (Å²) in [7, 11) is -6.46. The summed E-state index contributed by atoms with van der Waals surface area (Å²) in [5.74, 6) is 3.94. The van der Waals surface area contributed by atoms with Crippen molar-refractivity contribution < 1.29 is 46.2 Å². The van der Waals surface area contributed by atoms with Crippen LogP contribution in [0.15, 0.2) is 97.1 Å². The van der Waals surface area contributed by atoms with E-state index in [4.69, 9.17) is 36.7 Å². The molecular weight excluding hydrogens is 821 g/mol. The molecule has 2 unspecified atom stereocenters. The van der Waals surface area contributed by atoms with E-state index in [1.54, 1.807) is 72.8 Å². The van der Waals surface area contributed by atoms with Crippen molar-refractivity contribution in [2.24, 2.45) is 11.8 Å². The molecule has 0 aliphatic heterocycles. The zero-order valence-corrected chi connectivity index (χ0v) is 41.0. The lowest BCUT2D eigenvalue weighted by molar-refractivity contribution is 0.0725. The Balaban J connectivity index is 1.11. The third-order valence-electron chi connectivity index (χ3n) is 10.1. The van der Waals surface area contributed by atoms with Crippen LogP contribution in [0.2, 0.25) is 51.4 Å². The van der Waals surface area contributed by atoms with Crippen molar-refractivity contribution in [2.75, 3.05) is 26.4 Å². The third kappa shape index (κ3) is 18.2. The summed E-state index contributed by atoms with van der Waals surface area (Å²) in [6.07, 6.45) is 3.82. The van der Waals surface area contributed by atoms with Gasteiger partial charge in [-0.05, 0) is 173 Å². The maximum atomic E-state index is 12.7. The van der Waals surface area contributed by atoms with Gasteiger partial charge in [-0.25, -0.2) is 9.59 Å². The Bertz CT molecular complexity index is 1780. The minimum atomic E-state index is -2.40. The second kappa shape index (κ2) is 23.7. The molecule has 0 aliphatic carbocycles. The summed E-state index contributed by atoms with van der Waals surface area (Å²) < 4.78 is 48.3. The molecule has 0 radical (unpaired) electrons. The molecule has 332 valence electrons. The normalized spacial score (nSPS) is 12.9. The Morgan fingerprint density at radius 2 is 0.754 bits per heavy atom. The van der Waals surface area contributed by atoms with Gasteiger partial charge in [0.25, 0.3) is 0 Å². The highest BCUT2D eigenvalue weighted by Crippen LogP contribution is 2.27. The van der Waals surface area contributed by atoms with Crippen molar-refractivity contribution in [3.05, 3.63) is 108 Å². The summed E-state index contributed by atoms with van der Waals surface area (Å²) in [6, 6.07) is 30.2. The molecule has 0 fully saturated rings. The highest BCUT2D eigenvalue weighted by atomic mass is 28.5. The molecule has 2 atom stereocenters. The number of benzene rings is 4. The molecule has 4 aromatic rings. The smallest absolute Gasteiger partial charge is 0.343 e. The summed E-state index contributed by atoms with van der Waals surface area (Å²) in [4.78, 5) is 25.5. The molecule has 0 spiro atoms. The Labute approximate surface area is 367 Å². The average Bonchev–Trinajstić information content (AvgIpc) is 3.22. The Hall–Kier alpha value is -4.41. The fourth-order valence-corrected chi connectivity index (χ4v) is 20.5. The second-order valence-corrected chi connectivity index (χ2v) is 29.9. The van der Waals surface area contributed by atoms with Crippen LogP contribution in [-0.4, -0.2) is 63.6 Å². The van der Waals surface area contributed by atoms with Gasteiger partial charge in [-0.15, -0.1) is 0 Å². The average molecular weight is 889 g/mol. The van der Waals surface area contributed by atoms with Crippen LogP contribution in [0.5, 0.6) is 34.5 Å². The second-order valence-electron chi connectivity index (χ2n) is 17.4. The van der Waals surface area contributed by atoms with Gasteiger partial charge in [-0.2, -0.15) is 0 Å². The molecule has 0 heterocycles. The molecule has 0 aromatic heterocycles. The van der Waals surface area contributed by atoms with E-state index in [1.807, 2.05) is 24.3 Å². The van der Waals surface area contributed by atoms with Gasteiger partial charge in [-0.3, -0.25) is 0 Å². The Morgan fingerprint density at radius 3 is 1.08 bits per heavy atom. The summed E-state index contributed by atoms with van der Waals surface area (Å²) in [5, 5.41) is 0. The SMILES string of the molecule is CCC(C)COc1ccc(OC(=O)c2ccc(OCCC[Si](C)(C)O[Si](C)(C)O[Si](C)(C)CCCOc3ccc(C(=O)Oc4ccc(OCC(C)CC)cc4)cc3)cc2)cc1. The first-order valence-electron chi connectivity index (χ1n) is 21.7. The van der Waals surface area contributed by atoms with Crippen LogP contribution in [0.25, 0.3) is 0 Å². The van der Waals surface area contributed by atoms with Crippen LogP contribution in [0.3, 0.4) is 0 Å². The molecule has 61 heavy (non-hydrogen) atoms. The monoisotopic (exact) mass is 888 g/mol. The first-order valence-corrected chi connectivity index (χ1v) is 30.8. The highest BCUT2D eigenvalue weighted by Gasteiger charge is 2.39. The minimum absolute atomic E-state index is 0.427. The van der Waals surface area contributed by atoms with Crippen molar-refractivity contribution in [1.29, 1.82) is 0 Å². The number of carbonyl (C=O) groups excluding carboxylic acids is 2. The van der Waals surface area contributed by atoms with Gasteiger partial charge in [0.2, 0.25) is 0 Å². The quantitative estimate of drug-likeness (QED) is 0.0262. The summed E-state index contributed by atoms with van der Waals surface area (Å²) in [6.45, 7) is 24.3. The predicted octanol–water partition coefficient (Wildman–Crippen LogP) is 12.4. The van der Waals surface area contributed by atoms with Gasteiger partial charge >= 0.3 is 20.5 Å². The van der Waals surface area contributed by atoms with Crippen LogP contribution in [0.4, 0.5) is 0 Å². The van der Waals surface area contributed by atoms with Crippen molar-refractivity contribution in [3.63, 3.8) is 0 Å². The van der Waals surface area contributed by atoms with Gasteiger partial charge in [0.1, 0.15) is 34.5 Å². The summed E-state index contributed by atoms with van der Waals surface area (Å²) in [5.41, 5.74) is 0.899. The lowest BCUT2D eigenvalue weighted by atomic mass is 10.1. The van der Waals surface area contributed by atoms with Crippen LogP contribution in [0.1, 0.15) is 74.1 Å². The van der Waals surface area contributed by atoms with E-state index in [2.05, 4.69) is 67.0 Å². The molecule has 4 aromatic carbocycles. The molecule has 0 amide bonds. The molecule has 0 saturated heterocycles. The zero-order valence-electron chi connectivity index (χ0n) is 38.0. The molecule has 13 heteroatoms. The van der Waals surface area contributed by atoms with E-state index in [-0.39, 0.29) is 0 Å². The number of rotatable bonds is 26. The van der Waals surface area contributed by atoms with Crippen LogP contribution < -0.4 is 28.4 Å².